The zero-order chi connectivity index (χ0) is 9.84. The van der Waals surface area contributed by atoms with Gasteiger partial charge in [-0.1, -0.05) is 0 Å². The van der Waals surface area contributed by atoms with Crippen molar-refractivity contribution in [2.45, 2.75) is 13.5 Å². The lowest BCUT2D eigenvalue weighted by Crippen LogP contribution is -1.98. The zero-order valence-electron chi connectivity index (χ0n) is 7.21. The number of carbonyl (C=O) groups is 1. The Labute approximate surface area is 75.3 Å². The van der Waals surface area contributed by atoms with Crippen LogP contribution in [0.5, 0.6) is 0 Å². The third-order valence-corrected chi connectivity index (χ3v) is 1.76. The Morgan fingerprint density at radius 2 is 2.31 bits per heavy atom. The molecule has 0 fully saturated rings. The quantitative estimate of drug-likeness (QED) is 0.569. The lowest BCUT2D eigenvalue weighted by atomic mass is 10.1. The maximum Gasteiger partial charge on any atom is 0.293 e. The maximum absolute atomic E-state index is 12.9. The fourth-order valence-electron chi connectivity index (χ4n) is 1.02. The summed E-state index contributed by atoms with van der Waals surface area (Å²) in [5.41, 5.74) is 6.87. The average molecular weight is 183 g/mol. The number of nitrogen functional groups attached to an aromatic ring is 1. The number of nitrogens with two attached hydrogens (primary N) is 1. The molecule has 1 aromatic carbocycles. The van der Waals surface area contributed by atoms with E-state index in [1.165, 1.54) is 12.1 Å². The van der Waals surface area contributed by atoms with Crippen LogP contribution in [0.1, 0.15) is 11.1 Å². The van der Waals surface area contributed by atoms with E-state index in [0.29, 0.717) is 12.0 Å². The number of aryl methyl sites for hydroxylation is 1. The number of rotatable bonds is 3. The Morgan fingerprint density at radius 1 is 1.62 bits per heavy atom. The van der Waals surface area contributed by atoms with E-state index in [-0.39, 0.29) is 12.3 Å². The van der Waals surface area contributed by atoms with Crippen molar-refractivity contribution in [1.82, 2.24) is 0 Å². The van der Waals surface area contributed by atoms with Crippen LogP contribution in [0, 0.1) is 12.7 Å². The fraction of sp³-hybridized carbons (Fsp3) is 0.222. The van der Waals surface area contributed by atoms with Crippen molar-refractivity contribution in [1.29, 1.82) is 0 Å². The summed E-state index contributed by atoms with van der Waals surface area (Å²) in [4.78, 5) is 9.90. The van der Waals surface area contributed by atoms with E-state index in [0.717, 1.165) is 5.56 Å². The van der Waals surface area contributed by atoms with Gasteiger partial charge in [0, 0.05) is 0 Å². The summed E-state index contributed by atoms with van der Waals surface area (Å²) in [6, 6.07) is 2.78. The summed E-state index contributed by atoms with van der Waals surface area (Å²) in [5, 5.41) is 0. The first-order valence-corrected chi connectivity index (χ1v) is 3.75. The van der Waals surface area contributed by atoms with Crippen LogP contribution in [0.25, 0.3) is 0 Å². The van der Waals surface area contributed by atoms with Crippen LogP contribution in [0.15, 0.2) is 12.1 Å². The number of carbonyl (C=O) groups excluding carboxylic acids is 1. The Bertz CT molecular complexity index is 326. The van der Waals surface area contributed by atoms with Crippen molar-refractivity contribution < 1.29 is 13.9 Å². The van der Waals surface area contributed by atoms with E-state index in [4.69, 9.17) is 5.73 Å². The van der Waals surface area contributed by atoms with E-state index < -0.39 is 5.82 Å². The smallest absolute Gasteiger partial charge is 0.293 e. The standard InChI is InChI=1S/C9H10FNO2/c1-6-2-9(11)8(10)3-7(6)4-13-5-12/h2-3,5H,4,11H2,1H3. The largest absolute Gasteiger partial charge is 0.463 e. The summed E-state index contributed by atoms with van der Waals surface area (Å²) >= 11 is 0. The molecule has 13 heavy (non-hydrogen) atoms. The van der Waals surface area contributed by atoms with E-state index in [2.05, 4.69) is 4.74 Å². The molecule has 0 radical (unpaired) electrons. The summed E-state index contributed by atoms with van der Waals surface area (Å²) in [6.45, 7) is 2.18. The lowest BCUT2D eigenvalue weighted by molar-refractivity contribution is -0.129. The van der Waals surface area contributed by atoms with E-state index in [1.807, 2.05) is 0 Å². The van der Waals surface area contributed by atoms with Crippen LogP contribution in [-0.2, 0) is 16.1 Å². The van der Waals surface area contributed by atoms with Gasteiger partial charge in [0.05, 0.1) is 5.69 Å². The molecule has 0 aliphatic rings. The van der Waals surface area contributed by atoms with Gasteiger partial charge in [-0.05, 0) is 30.2 Å². The van der Waals surface area contributed by atoms with Crippen LogP contribution in [0.3, 0.4) is 0 Å². The Hall–Kier alpha value is -1.58. The summed E-state index contributed by atoms with van der Waals surface area (Å²) in [7, 11) is 0. The van der Waals surface area contributed by atoms with E-state index in [9.17, 15) is 9.18 Å². The minimum Gasteiger partial charge on any atom is -0.463 e. The van der Waals surface area contributed by atoms with Gasteiger partial charge < -0.3 is 10.5 Å². The summed E-state index contributed by atoms with van der Waals surface area (Å²) < 4.78 is 17.4. The molecule has 0 amide bonds. The molecule has 0 bridgehead atoms. The first-order chi connectivity index (χ1) is 6.15. The van der Waals surface area contributed by atoms with Gasteiger partial charge in [0.1, 0.15) is 12.4 Å². The maximum atomic E-state index is 12.9. The molecule has 0 atom stereocenters. The van der Waals surface area contributed by atoms with Gasteiger partial charge in [0.2, 0.25) is 0 Å². The molecule has 1 rings (SSSR count). The number of ether oxygens (including phenoxy) is 1. The molecule has 0 heterocycles. The second-order valence-electron chi connectivity index (χ2n) is 2.71. The van der Waals surface area contributed by atoms with Gasteiger partial charge in [0.15, 0.2) is 0 Å². The molecular formula is C9H10FNO2. The molecular weight excluding hydrogens is 173 g/mol. The van der Waals surface area contributed by atoms with Gasteiger partial charge in [-0.2, -0.15) is 0 Å². The van der Waals surface area contributed by atoms with Crippen molar-refractivity contribution in [2.75, 3.05) is 5.73 Å². The first-order valence-electron chi connectivity index (χ1n) is 3.75. The molecule has 4 heteroatoms. The number of hydrogen-bond donors (Lipinski definition) is 1. The molecule has 1 aromatic rings. The van der Waals surface area contributed by atoms with Gasteiger partial charge in [-0.15, -0.1) is 0 Å². The number of halogens is 1. The highest BCUT2D eigenvalue weighted by atomic mass is 19.1. The molecule has 0 unspecified atom stereocenters. The number of benzene rings is 1. The Kier molecular flexibility index (Phi) is 2.84. The molecule has 0 aromatic heterocycles. The normalized spacial score (nSPS) is 9.69. The van der Waals surface area contributed by atoms with Gasteiger partial charge in [-0.3, -0.25) is 4.79 Å². The molecule has 70 valence electrons. The van der Waals surface area contributed by atoms with Gasteiger partial charge in [0.25, 0.3) is 6.47 Å². The Morgan fingerprint density at radius 3 is 2.92 bits per heavy atom. The van der Waals surface area contributed by atoms with E-state index in [1.54, 1.807) is 6.92 Å². The van der Waals surface area contributed by atoms with Gasteiger partial charge >= 0.3 is 0 Å². The molecule has 3 nitrogen and oxygen atoms in total. The zero-order valence-corrected chi connectivity index (χ0v) is 7.21. The SMILES string of the molecule is Cc1cc(N)c(F)cc1COC=O. The molecule has 0 aliphatic heterocycles. The van der Waals surface area contributed by atoms with Crippen molar-refractivity contribution in [3.05, 3.63) is 29.1 Å². The highest BCUT2D eigenvalue weighted by Crippen LogP contribution is 2.17. The van der Waals surface area contributed by atoms with Crippen LogP contribution in [0.4, 0.5) is 10.1 Å². The second-order valence-corrected chi connectivity index (χ2v) is 2.71. The first kappa shape index (κ1) is 9.51. The third-order valence-electron chi connectivity index (χ3n) is 1.76. The van der Waals surface area contributed by atoms with Crippen LogP contribution >= 0.6 is 0 Å². The predicted molar refractivity (Wildman–Crippen MR) is 46.4 cm³/mol. The average Bonchev–Trinajstić information content (AvgIpc) is 2.09. The summed E-state index contributed by atoms with van der Waals surface area (Å²) in [5.74, 6) is -0.491. The fourth-order valence-corrected chi connectivity index (χ4v) is 1.02. The third kappa shape index (κ3) is 2.18. The number of anilines is 1. The van der Waals surface area contributed by atoms with Crippen LogP contribution in [0.2, 0.25) is 0 Å². The highest BCUT2D eigenvalue weighted by Gasteiger charge is 2.04. The van der Waals surface area contributed by atoms with Crippen molar-refractivity contribution in [2.24, 2.45) is 0 Å². The minimum absolute atomic E-state index is 0.0759. The lowest BCUT2D eigenvalue weighted by Gasteiger charge is -2.06. The monoisotopic (exact) mass is 183 g/mol. The second kappa shape index (κ2) is 3.89. The molecule has 0 aliphatic carbocycles. The topological polar surface area (TPSA) is 52.3 Å². The molecule has 0 saturated carbocycles. The van der Waals surface area contributed by atoms with Gasteiger partial charge in [-0.25, -0.2) is 4.39 Å². The van der Waals surface area contributed by atoms with E-state index >= 15 is 0 Å². The van der Waals surface area contributed by atoms with Crippen LogP contribution in [-0.4, -0.2) is 6.47 Å². The Balaban J connectivity index is 2.94. The summed E-state index contributed by atoms with van der Waals surface area (Å²) in [6.07, 6.45) is 0. The predicted octanol–water partition coefficient (Wildman–Crippen LogP) is 1.39. The number of hydrogen-bond acceptors (Lipinski definition) is 3. The van der Waals surface area contributed by atoms with Crippen molar-refractivity contribution in [3.63, 3.8) is 0 Å². The van der Waals surface area contributed by atoms with Crippen LogP contribution < -0.4 is 5.73 Å². The molecule has 0 spiro atoms. The molecule has 2 N–H and O–H groups in total. The van der Waals surface area contributed by atoms with Crippen molar-refractivity contribution >= 4 is 12.2 Å². The highest BCUT2D eigenvalue weighted by molar-refractivity contribution is 5.46. The van der Waals surface area contributed by atoms with Crippen molar-refractivity contribution in [3.8, 4) is 0 Å². The molecule has 0 saturated heterocycles. The minimum atomic E-state index is -0.491.